The zero-order valence-electron chi connectivity index (χ0n) is 9.18. The number of aryl methyl sites for hydroxylation is 1. The van der Waals surface area contributed by atoms with E-state index in [1.807, 2.05) is 0 Å². The first kappa shape index (κ1) is 13.8. The summed E-state index contributed by atoms with van der Waals surface area (Å²) in [6.07, 6.45) is 0.347. The highest BCUT2D eigenvalue weighted by molar-refractivity contribution is 8.13. The van der Waals surface area contributed by atoms with Gasteiger partial charge in [-0.25, -0.2) is 8.42 Å². The monoisotopic (exact) mass is 280 g/mol. The second-order valence-electron chi connectivity index (χ2n) is 4.01. The Labute approximate surface area is 101 Å². The first-order valence-electron chi connectivity index (χ1n) is 4.75. The van der Waals surface area contributed by atoms with Crippen molar-refractivity contribution in [2.45, 2.75) is 6.42 Å². The van der Waals surface area contributed by atoms with Crippen molar-refractivity contribution in [2.75, 3.05) is 19.1 Å². The van der Waals surface area contributed by atoms with Gasteiger partial charge in [-0.15, -0.1) is 0 Å². The van der Waals surface area contributed by atoms with Crippen molar-refractivity contribution in [2.24, 2.45) is 0 Å². The molecule has 90 valence electrons. The summed E-state index contributed by atoms with van der Waals surface area (Å²) >= 11 is 0. The van der Waals surface area contributed by atoms with Crippen molar-refractivity contribution >= 4 is 32.2 Å². The largest absolute Gasteiger partial charge is 0.319 e. The number of halogens is 1. The molecule has 1 aromatic rings. The maximum atomic E-state index is 11.8. The van der Waals surface area contributed by atoms with E-state index in [2.05, 4.69) is 0 Å². The Kier molecular flexibility index (Phi) is 4.22. The highest BCUT2D eigenvalue weighted by atomic mass is 35.7. The van der Waals surface area contributed by atoms with Gasteiger partial charge in [-0.3, -0.25) is 0 Å². The minimum absolute atomic E-state index is 0.101. The summed E-state index contributed by atoms with van der Waals surface area (Å²) < 4.78 is 33.4. The van der Waals surface area contributed by atoms with Crippen molar-refractivity contribution in [3.8, 4) is 0 Å². The van der Waals surface area contributed by atoms with Gasteiger partial charge in [0.15, 0.2) is 0 Å². The van der Waals surface area contributed by atoms with Crippen LogP contribution in [0.2, 0.25) is 0 Å². The molecule has 0 aliphatic carbocycles. The van der Waals surface area contributed by atoms with Crippen LogP contribution in [0.15, 0.2) is 24.3 Å². The molecule has 0 N–H and O–H groups in total. The van der Waals surface area contributed by atoms with Gasteiger partial charge in [-0.05, 0) is 31.4 Å². The van der Waals surface area contributed by atoms with E-state index in [-0.39, 0.29) is 5.75 Å². The molecule has 1 aromatic carbocycles. The molecular weight excluding hydrogens is 267 g/mol. The van der Waals surface area contributed by atoms with Crippen molar-refractivity contribution in [1.29, 1.82) is 0 Å². The Hall–Kier alpha value is -0.310. The second kappa shape index (κ2) is 4.91. The van der Waals surface area contributed by atoms with E-state index in [0.717, 1.165) is 10.9 Å². The molecular formula is C10H14ClO3PS. The molecule has 0 saturated carbocycles. The van der Waals surface area contributed by atoms with Gasteiger partial charge in [0.05, 0.1) is 5.75 Å². The van der Waals surface area contributed by atoms with Gasteiger partial charge in [0.1, 0.15) is 7.14 Å². The number of hydrogen-bond donors (Lipinski definition) is 0. The van der Waals surface area contributed by atoms with Crippen LogP contribution in [0.5, 0.6) is 0 Å². The molecule has 0 unspecified atom stereocenters. The fourth-order valence-electron chi connectivity index (χ4n) is 1.29. The molecule has 0 bridgehead atoms. The predicted octanol–water partition coefficient (Wildman–Crippen LogP) is 2.05. The molecule has 0 aliphatic heterocycles. The van der Waals surface area contributed by atoms with E-state index in [1.54, 1.807) is 37.6 Å². The lowest BCUT2D eigenvalue weighted by Gasteiger charge is -2.08. The molecule has 3 nitrogen and oxygen atoms in total. The summed E-state index contributed by atoms with van der Waals surface area (Å²) in [5, 5.41) is 0.761. The molecule has 0 aliphatic rings. The molecule has 0 fully saturated rings. The maximum absolute atomic E-state index is 11.8. The topological polar surface area (TPSA) is 51.2 Å². The normalized spacial score (nSPS) is 12.7. The summed E-state index contributed by atoms with van der Waals surface area (Å²) in [5.41, 5.74) is 0.839. The van der Waals surface area contributed by atoms with Crippen molar-refractivity contribution in [3.05, 3.63) is 29.8 Å². The molecule has 16 heavy (non-hydrogen) atoms. The third-order valence-electron chi connectivity index (χ3n) is 2.17. The third kappa shape index (κ3) is 4.69. The summed E-state index contributed by atoms with van der Waals surface area (Å²) in [5.74, 6) is -0.101. The minimum atomic E-state index is -3.47. The Bertz CT molecular complexity index is 519. The van der Waals surface area contributed by atoms with E-state index < -0.39 is 16.2 Å². The van der Waals surface area contributed by atoms with Crippen molar-refractivity contribution in [3.63, 3.8) is 0 Å². The van der Waals surface area contributed by atoms with Gasteiger partial charge in [0, 0.05) is 16.0 Å². The summed E-state index contributed by atoms with van der Waals surface area (Å²) in [6, 6.07) is 7.16. The number of hydrogen-bond acceptors (Lipinski definition) is 3. The van der Waals surface area contributed by atoms with Gasteiger partial charge in [-0.2, -0.15) is 0 Å². The molecule has 0 saturated heterocycles. The first-order valence-corrected chi connectivity index (χ1v) is 9.83. The average molecular weight is 281 g/mol. The van der Waals surface area contributed by atoms with Crippen LogP contribution in [-0.4, -0.2) is 27.5 Å². The molecule has 0 spiro atoms. The smallest absolute Gasteiger partial charge is 0.232 e. The molecule has 0 aromatic heterocycles. The first-order chi connectivity index (χ1) is 7.18. The van der Waals surface area contributed by atoms with Crippen LogP contribution in [0.3, 0.4) is 0 Å². The lowest BCUT2D eigenvalue weighted by atomic mass is 10.2. The van der Waals surface area contributed by atoms with E-state index in [4.69, 9.17) is 10.7 Å². The minimum Gasteiger partial charge on any atom is -0.319 e. The molecule has 0 heterocycles. The van der Waals surface area contributed by atoms with E-state index in [0.29, 0.717) is 6.42 Å². The fourth-order valence-corrected chi connectivity index (χ4v) is 2.92. The van der Waals surface area contributed by atoms with Crippen molar-refractivity contribution < 1.29 is 13.0 Å². The second-order valence-corrected chi connectivity index (χ2v) is 10.1. The van der Waals surface area contributed by atoms with Gasteiger partial charge in [-0.1, -0.05) is 18.2 Å². The Morgan fingerprint density at radius 3 is 2.44 bits per heavy atom. The Morgan fingerprint density at radius 1 is 1.31 bits per heavy atom. The van der Waals surface area contributed by atoms with E-state index in [9.17, 15) is 13.0 Å². The van der Waals surface area contributed by atoms with Crippen LogP contribution in [0.25, 0.3) is 0 Å². The number of rotatable bonds is 4. The average Bonchev–Trinajstić information content (AvgIpc) is 2.13. The Balaban J connectivity index is 2.88. The molecule has 0 radical (unpaired) electrons. The maximum Gasteiger partial charge on any atom is 0.232 e. The third-order valence-corrected chi connectivity index (χ3v) is 4.84. The quantitative estimate of drug-likeness (QED) is 0.626. The van der Waals surface area contributed by atoms with Gasteiger partial charge < -0.3 is 4.57 Å². The lowest BCUT2D eigenvalue weighted by molar-refractivity contribution is 0.588. The fraction of sp³-hybridized carbons (Fsp3) is 0.400. The molecule has 0 atom stereocenters. The van der Waals surface area contributed by atoms with Crippen LogP contribution in [0.1, 0.15) is 5.56 Å². The molecule has 1 rings (SSSR count). The summed E-state index contributed by atoms with van der Waals surface area (Å²) in [4.78, 5) is 0. The van der Waals surface area contributed by atoms with Crippen LogP contribution in [0, 0.1) is 0 Å². The van der Waals surface area contributed by atoms with Crippen LogP contribution < -0.4 is 5.30 Å². The van der Waals surface area contributed by atoms with Gasteiger partial charge >= 0.3 is 0 Å². The highest BCUT2D eigenvalue weighted by Crippen LogP contribution is 2.34. The Morgan fingerprint density at radius 2 is 1.94 bits per heavy atom. The molecule has 6 heteroatoms. The number of benzene rings is 1. The van der Waals surface area contributed by atoms with Crippen LogP contribution in [-0.2, 0) is 20.0 Å². The summed E-state index contributed by atoms with van der Waals surface area (Å²) in [7, 11) is -0.629. The van der Waals surface area contributed by atoms with E-state index in [1.165, 1.54) is 0 Å². The van der Waals surface area contributed by atoms with E-state index >= 15 is 0 Å². The summed E-state index contributed by atoms with van der Waals surface area (Å²) in [6.45, 7) is 3.37. The zero-order chi connectivity index (χ0) is 12.4. The molecule has 0 amide bonds. The van der Waals surface area contributed by atoms with Gasteiger partial charge in [0.25, 0.3) is 0 Å². The highest BCUT2D eigenvalue weighted by Gasteiger charge is 2.12. The van der Waals surface area contributed by atoms with Crippen LogP contribution in [0.4, 0.5) is 0 Å². The SMILES string of the molecule is CP(C)(=O)c1cccc(CCS(=O)(=O)Cl)c1. The lowest BCUT2D eigenvalue weighted by Crippen LogP contribution is -2.06. The van der Waals surface area contributed by atoms with Crippen molar-refractivity contribution in [1.82, 2.24) is 0 Å². The zero-order valence-corrected chi connectivity index (χ0v) is 11.6. The van der Waals surface area contributed by atoms with Gasteiger partial charge in [0.2, 0.25) is 9.05 Å². The predicted molar refractivity (Wildman–Crippen MR) is 68.9 cm³/mol. The standard InChI is InChI=1S/C10H14ClO3PS/c1-15(2,12)10-5-3-4-9(8-10)6-7-16(11,13)14/h3-5,8H,6-7H2,1-2H3. The van der Waals surface area contributed by atoms with Crippen LogP contribution >= 0.6 is 17.8 Å².